The Bertz CT molecular complexity index is 214. The van der Waals surface area contributed by atoms with Crippen LogP contribution in [-0.2, 0) is 4.79 Å². The SMILES string of the molecule is CCN(CC(=O)NC)CC1(CCN)CC1. The summed E-state index contributed by atoms with van der Waals surface area (Å²) in [6, 6.07) is 0. The highest BCUT2D eigenvalue weighted by atomic mass is 16.1. The fourth-order valence-corrected chi connectivity index (χ4v) is 2.01. The van der Waals surface area contributed by atoms with Crippen molar-refractivity contribution in [2.24, 2.45) is 11.1 Å². The second kappa shape index (κ2) is 5.47. The Morgan fingerprint density at radius 1 is 1.53 bits per heavy atom. The zero-order chi connectivity index (χ0) is 11.3. The molecule has 0 aliphatic heterocycles. The molecule has 1 rings (SSSR count). The van der Waals surface area contributed by atoms with Gasteiger partial charge >= 0.3 is 0 Å². The van der Waals surface area contributed by atoms with Gasteiger partial charge in [-0.25, -0.2) is 0 Å². The maximum absolute atomic E-state index is 11.3. The van der Waals surface area contributed by atoms with Crippen molar-refractivity contribution < 1.29 is 4.79 Å². The third-order valence-electron chi connectivity index (χ3n) is 3.28. The number of rotatable bonds is 7. The summed E-state index contributed by atoms with van der Waals surface area (Å²) in [5.41, 5.74) is 6.03. The maximum atomic E-state index is 11.3. The molecule has 88 valence electrons. The lowest BCUT2D eigenvalue weighted by molar-refractivity contribution is -0.121. The number of hydrogen-bond donors (Lipinski definition) is 2. The molecule has 0 radical (unpaired) electrons. The molecule has 0 spiro atoms. The van der Waals surface area contributed by atoms with Crippen LogP contribution in [0.1, 0.15) is 26.2 Å². The summed E-state index contributed by atoms with van der Waals surface area (Å²) in [5.74, 6) is 0.0976. The van der Waals surface area contributed by atoms with Crippen LogP contribution in [0, 0.1) is 5.41 Å². The van der Waals surface area contributed by atoms with Gasteiger partial charge in [0.2, 0.25) is 5.91 Å². The van der Waals surface area contributed by atoms with Gasteiger partial charge in [0.05, 0.1) is 6.54 Å². The van der Waals surface area contributed by atoms with Crippen molar-refractivity contribution in [1.82, 2.24) is 10.2 Å². The van der Waals surface area contributed by atoms with E-state index in [9.17, 15) is 4.79 Å². The molecular weight excluding hydrogens is 190 g/mol. The Kier molecular flexibility index (Phi) is 4.54. The van der Waals surface area contributed by atoms with Gasteiger partial charge in [-0.2, -0.15) is 0 Å². The van der Waals surface area contributed by atoms with E-state index in [0.29, 0.717) is 12.0 Å². The van der Waals surface area contributed by atoms with Gasteiger partial charge in [0.25, 0.3) is 0 Å². The highest BCUT2D eigenvalue weighted by molar-refractivity contribution is 5.77. The number of carbonyl (C=O) groups excluding carboxylic acids is 1. The van der Waals surface area contributed by atoms with Gasteiger partial charge in [-0.05, 0) is 37.8 Å². The van der Waals surface area contributed by atoms with E-state index in [1.54, 1.807) is 7.05 Å². The standard InChI is InChI=1S/C11H23N3O/c1-3-14(8-10(15)13-2)9-11(4-5-11)6-7-12/h3-9,12H2,1-2H3,(H,13,15). The fourth-order valence-electron chi connectivity index (χ4n) is 2.01. The van der Waals surface area contributed by atoms with Crippen molar-refractivity contribution in [3.05, 3.63) is 0 Å². The average Bonchev–Trinajstić information content (AvgIpc) is 2.97. The summed E-state index contributed by atoms with van der Waals surface area (Å²) in [5, 5.41) is 2.66. The largest absolute Gasteiger partial charge is 0.358 e. The van der Waals surface area contributed by atoms with Crippen LogP contribution in [-0.4, -0.2) is 44.0 Å². The molecule has 0 aromatic carbocycles. The van der Waals surface area contributed by atoms with Crippen molar-refractivity contribution >= 4 is 5.91 Å². The molecule has 0 aromatic heterocycles. The summed E-state index contributed by atoms with van der Waals surface area (Å²) in [6.07, 6.45) is 3.64. The van der Waals surface area contributed by atoms with E-state index in [2.05, 4.69) is 17.1 Å². The molecule has 0 bridgehead atoms. The van der Waals surface area contributed by atoms with Gasteiger partial charge in [0.15, 0.2) is 0 Å². The molecule has 0 atom stereocenters. The molecule has 4 nitrogen and oxygen atoms in total. The third-order valence-corrected chi connectivity index (χ3v) is 3.28. The van der Waals surface area contributed by atoms with Crippen LogP contribution in [0.3, 0.4) is 0 Å². The van der Waals surface area contributed by atoms with E-state index >= 15 is 0 Å². The summed E-state index contributed by atoms with van der Waals surface area (Å²) in [6.45, 7) is 5.33. The van der Waals surface area contributed by atoms with Crippen molar-refractivity contribution in [3.8, 4) is 0 Å². The van der Waals surface area contributed by atoms with Crippen molar-refractivity contribution in [2.75, 3.05) is 33.2 Å². The summed E-state index contributed by atoms with van der Waals surface area (Å²) in [4.78, 5) is 13.5. The Hall–Kier alpha value is -0.610. The van der Waals surface area contributed by atoms with Gasteiger partial charge < -0.3 is 11.1 Å². The van der Waals surface area contributed by atoms with Crippen LogP contribution < -0.4 is 11.1 Å². The molecule has 15 heavy (non-hydrogen) atoms. The predicted octanol–water partition coefficient (Wildman–Crippen LogP) is 0.183. The first-order valence-electron chi connectivity index (χ1n) is 5.79. The highest BCUT2D eigenvalue weighted by Crippen LogP contribution is 2.48. The quantitative estimate of drug-likeness (QED) is 0.634. The van der Waals surface area contributed by atoms with Crippen LogP contribution in [0.4, 0.5) is 0 Å². The van der Waals surface area contributed by atoms with Gasteiger partial charge in [-0.3, -0.25) is 9.69 Å². The van der Waals surface area contributed by atoms with Crippen molar-refractivity contribution in [3.63, 3.8) is 0 Å². The topological polar surface area (TPSA) is 58.4 Å². The number of amides is 1. The molecule has 0 saturated heterocycles. The van der Waals surface area contributed by atoms with Crippen LogP contribution in [0.5, 0.6) is 0 Å². The van der Waals surface area contributed by atoms with Crippen LogP contribution in [0.15, 0.2) is 0 Å². The zero-order valence-corrected chi connectivity index (χ0v) is 9.88. The molecule has 0 unspecified atom stereocenters. The third kappa shape index (κ3) is 3.80. The first kappa shape index (κ1) is 12.5. The number of likely N-dealkylation sites (N-methyl/N-ethyl adjacent to an activating group) is 2. The number of hydrogen-bond acceptors (Lipinski definition) is 3. The molecule has 0 aromatic rings. The summed E-state index contributed by atoms with van der Waals surface area (Å²) < 4.78 is 0. The lowest BCUT2D eigenvalue weighted by atomic mass is 10.0. The van der Waals surface area contributed by atoms with Crippen LogP contribution >= 0.6 is 0 Å². The Labute approximate surface area is 92.2 Å². The molecular formula is C11H23N3O. The Morgan fingerprint density at radius 2 is 2.20 bits per heavy atom. The summed E-state index contributed by atoms with van der Waals surface area (Å²) in [7, 11) is 1.68. The monoisotopic (exact) mass is 213 g/mol. The average molecular weight is 213 g/mol. The number of nitrogens with zero attached hydrogens (tertiary/aromatic N) is 1. The van der Waals surface area contributed by atoms with E-state index in [-0.39, 0.29) is 5.91 Å². The zero-order valence-electron chi connectivity index (χ0n) is 9.88. The molecule has 1 aliphatic carbocycles. The maximum Gasteiger partial charge on any atom is 0.233 e. The first-order chi connectivity index (χ1) is 7.15. The summed E-state index contributed by atoms with van der Waals surface area (Å²) >= 11 is 0. The van der Waals surface area contributed by atoms with Gasteiger partial charge in [0.1, 0.15) is 0 Å². The Morgan fingerprint density at radius 3 is 2.60 bits per heavy atom. The normalized spacial score (nSPS) is 17.9. The van der Waals surface area contributed by atoms with Crippen molar-refractivity contribution in [2.45, 2.75) is 26.2 Å². The van der Waals surface area contributed by atoms with E-state index < -0.39 is 0 Å². The fraction of sp³-hybridized carbons (Fsp3) is 0.909. The molecule has 1 amide bonds. The first-order valence-corrected chi connectivity index (χ1v) is 5.79. The van der Waals surface area contributed by atoms with Crippen LogP contribution in [0.2, 0.25) is 0 Å². The minimum Gasteiger partial charge on any atom is -0.358 e. The second-order valence-electron chi connectivity index (χ2n) is 4.52. The minimum absolute atomic E-state index is 0.0976. The molecule has 0 heterocycles. The molecule has 3 N–H and O–H groups in total. The molecule has 4 heteroatoms. The molecule has 1 fully saturated rings. The smallest absolute Gasteiger partial charge is 0.233 e. The predicted molar refractivity (Wildman–Crippen MR) is 61.5 cm³/mol. The van der Waals surface area contributed by atoms with Gasteiger partial charge in [0, 0.05) is 13.6 Å². The van der Waals surface area contributed by atoms with E-state index in [4.69, 9.17) is 5.73 Å². The molecule has 1 saturated carbocycles. The number of nitrogens with two attached hydrogens (primary N) is 1. The number of nitrogens with one attached hydrogen (secondary N) is 1. The number of carbonyl (C=O) groups is 1. The Balaban J connectivity index is 2.36. The van der Waals surface area contributed by atoms with E-state index in [1.807, 2.05) is 0 Å². The van der Waals surface area contributed by atoms with Crippen LogP contribution in [0.25, 0.3) is 0 Å². The lowest BCUT2D eigenvalue weighted by Gasteiger charge is -2.25. The van der Waals surface area contributed by atoms with E-state index in [1.165, 1.54) is 12.8 Å². The van der Waals surface area contributed by atoms with Gasteiger partial charge in [-0.15, -0.1) is 0 Å². The van der Waals surface area contributed by atoms with Gasteiger partial charge in [-0.1, -0.05) is 6.92 Å². The minimum atomic E-state index is 0.0976. The van der Waals surface area contributed by atoms with Crippen molar-refractivity contribution in [1.29, 1.82) is 0 Å². The second-order valence-corrected chi connectivity index (χ2v) is 4.52. The highest BCUT2D eigenvalue weighted by Gasteiger charge is 2.42. The molecule has 1 aliphatic rings. The lowest BCUT2D eigenvalue weighted by Crippen LogP contribution is -2.39. The van der Waals surface area contributed by atoms with E-state index in [0.717, 1.165) is 26.1 Å².